The van der Waals surface area contributed by atoms with Gasteiger partial charge in [-0.2, -0.15) is 0 Å². The standard InChI is InChI=1S/C24H20N4O2S/c29-22(15-21-16-31-23(26-21)17-8-3-1-4-9-17)25-19-12-7-13-20(14-19)28-24(30)27-18-10-5-2-6-11-18/h1-14,16H,15H2,(H,25,29)(H2,27,28,30). The molecule has 4 rings (SSSR count). The van der Waals surface area contributed by atoms with Crippen LogP contribution < -0.4 is 16.0 Å². The molecule has 3 aromatic carbocycles. The first kappa shape index (κ1) is 20.3. The summed E-state index contributed by atoms with van der Waals surface area (Å²) >= 11 is 1.52. The molecule has 0 spiro atoms. The van der Waals surface area contributed by atoms with Crippen LogP contribution in [0.4, 0.5) is 21.9 Å². The summed E-state index contributed by atoms with van der Waals surface area (Å²) in [5.41, 5.74) is 3.62. The number of benzene rings is 3. The molecule has 0 radical (unpaired) electrons. The zero-order valence-electron chi connectivity index (χ0n) is 16.5. The lowest BCUT2D eigenvalue weighted by molar-refractivity contribution is -0.115. The second-order valence-electron chi connectivity index (χ2n) is 6.76. The van der Waals surface area contributed by atoms with Crippen LogP contribution in [0.15, 0.2) is 90.3 Å². The number of carbonyl (C=O) groups is 2. The van der Waals surface area contributed by atoms with Gasteiger partial charge in [-0.3, -0.25) is 4.79 Å². The van der Waals surface area contributed by atoms with Crippen molar-refractivity contribution >= 4 is 40.3 Å². The molecule has 154 valence electrons. The Kier molecular flexibility index (Phi) is 6.35. The van der Waals surface area contributed by atoms with Gasteiger partial charge in [0.2, 0.25) is 5.91 Å². The van der Waals surface area contributed by atoms with E-state index < -0.39 is 0 Å². The first-order valence-electron chi connectivity index (χ1n) is 9.68. The average molecular weight is 429 g/mol. The van der Waals surface area contributed by atoms with Gasteiger partial charge in [0.05, 0.1) is 12.1 Å². The number of nitrogens with one attached hydrogen (secondary N) is 3. The summed E-state index contributed by atoms with van der Waals surface area (Å²) in [5, 5.41) is 11.2. The Balaban J connectivity index is 1.34. The predicted molar refractivity (Wildman–Crippen MR) is 125 cm³/mol. The molecule has 1 aromatic heterocycles. The number of hydrogen-bond donors (Lipinski definition) is 3. The van der Waals surface area contributed by atoms with E-state index in [1.807, 2.05) is 53.9 Å². The minimum absolute atomic E-state index is 0.171. The van der Waals surface area contributed by atoms with Crippen molar-refractivity contribution < 1.29 is 9.59 Å². The normalized spacial score (nSPS) is 10.3. The average Bonchev–Trinajstić information content (AvgIpc) is 3.23. The van der Waals surface area contributed by atoms with E-state index in [0.29, 0.717) is 17.1 Å². The highest BCUT2D eigenvalue weighted by molar-refractivity contribution is 7.13. The molecule has 0 atom stereocenters. The number of amides is 3. The Labute approximate surface area is 184 Å². The molecule has 0 unspecified atom stereocenters. The van der Waals surface area contributed by atoms with Crippen LogP contribution >= 0.6 is 11.3 Å². The summed E-state index contributed by atoms with van der Waals surface area (Å²) < 4.78 is 0. The molecule has 4 aromatic rings. The quantitative estimate of drug-likeness (QED) is 0.372. The molecular weight excluding hydrogens is 408 g/mol. The fourth-order valence-corrected chi connectivity index (χ4v) is 3.79. The molecule has 0 fully saturated rings. The fourth-order valence-electron chi connectivity index (χ4n) is 2.96. The Hall–Kier alpha value is -3.97. The van der Waals surface area contributed by atoms with Gasteiger partial charge in [0.15, 0.2) is 0 Å². The number of aromatic nitrogens is 1. The largest absolute Gasteiger partial charge is 0.326 e. The van der Waals surface area contributed by atoms with Crippen molar-refractivity contribution in [3.63, 3.8) is 0 Å². The molecule has 7 heteroatoms. The molecule has 31 heavy (non-hydrogen) atoms. The van der Waals surface area contributed by atoms with Crippen molar-refractivity contribution in [2.45, 2.75) is 6.42 Å². The molecule has 0 bridgehead atoms. The molecule has 0 aliphatic carbocycles. The van der Waals surface area contributed by atoms with Gasteiger partial charge in [0.25, 0.3) is 0 Å². The molecule has 0 aliphatic rings. The number of rotatable bonds is 6. The summed E-state index contributed by atoms with van der Waals surface area (Å²) in [6.07, 6.45) is 0.176. The van der Waals surface area contributed by atoms with Crippen LogP contribution in [0.25, 0.3) is 10.6 Å². The Bertz CT molecular complexity index is 1180. The minimum atomic E-state index is -0.356. The Morgan fingerprint density at radius 1 is 0.742 bits per heavy atom. The van der Waals surface area contributed by atoms with Crippen molar-refractivity contribution in [1.29, 1.82) is 0 Å². The fraction of sp³-hybridized carbons (Fsp3) is 0.0417. The first-order valence-corrected chi connectivity index (χ1v) is 10.6. The lowest BCUT2D eigenvalue weighted by atomic mass is 10.2. The lowest BCUT2D eigenvalue weighted by Gasteiger charge is -2.10. The van der Waals surface area contributed by atoms with E-state index in [-0.39, 0.29) is 18.4 Å². The second kappa shape index (κ2) is 9.69. The van der Waals surface area contributed by atoms with E-state index in [1.54, 1.807) is 36.4 Å². The highest BCUT2D eigenvalue weighted by Crippen LogP contribution is 2.24. The van der Waals surface area contributed by atoms with E-state index in [1.165, 1.54) is 11.3 Å². The van der Waals surface area contributed by atoms with Crippen LogP contribution in [0, 0.1) is 0 Å². The molecule has 0 aliphatic heterocycles. The zero-order chi connectivity index (χ0) is 21.5. The first-order chi connectivity index (χ1) is 15.2. The van der Waals surface area contributed by atoms with Crippen molar-refractivity contribution in [1.82, 2.24) is 4.98 Å². The summed E-state index contributed by atoms with van der Waals surface area (Å²) in [4.78, 5) is 29.2. The van der Waals surface area contributed by atoms with Gasteiger partial charge in [0, 0.05) is 28.0 Å². The van der Waals surface area contributed by atoms with Crippen LogP contribution in [0.2, 0.25) is 0 Å². The summed E-state index contributed by atoms with van der Waals surface area (Å²) in [6, 6.07) is 25.7. The number of anilines is 3. The number of carbonyl (C=O) groups excluding carboxylic acids is 2. The van der Waals surface area contributed by atoms with Crippen LogP contribution in [-0.4, -0.2) is 16.9 Å². The van der Waals surface area contributed by atoms with Gasteiger partial charge in [-0.15, -0.1) is 11.3 Å². The third kappa shape index (κ3) is 5.77. The maximum absolute atomic E-state index is 12.5. The van der Waals surface area contributed by atoms with Crippen molar-refractivity contribution in [3.05, 3.63) is 96.0 Å². The zero-order valence-corrected chi connectivity index (χ0v) is 17.4. The van der Waals surface area contributed by atoms with Crippen molar-refractivity contribution in [3.8, 4) is 10.6 Å². The second-order valence-corrected chi connectivity index (χ2v) is 7.62. The van der Waals surface area contributed by atoms with E-state index in [2.05, 4.69) is 20.9 Å². The third-order valence-corrected chi connectivity index (χ3v) is 5.29. The maximum Gasteiger partial charge on any atom is 0.323 e. The number of hydrogen-bond acceptors (Lipinski definition) is 4. The molecule has 3 N–H and O–H groups in total. The molecule has 6 nitrogen and oxygen atoms in total. The Morgan fingerprint density at radius 3 is 2.10 bits per heavy atom. The molecule has 3 amide bonds. The van der Waals surface area contributed by atoms with Crippen LogP contribution in [0.5, 0.6) is 0 Å². The summed E-state index contributed by atoms with van der Waals surface area (Å²) in [5.74, 6) is -0.171. The number of nitrogens with zero attached hydrogens (tertiary/aromatic N) is 1. The topological polar surface area (TPSA) is 83.1 Å². The monoisotopic (exact) mass is 428 g/mol. The molecule has 0 saturated heterocycles. The van der Waals surface area contributed by atoms with Crippen molar-refractivity contribution in [2.24, 2.45) is 0 Å². The highest BCUT2D eigenvalue weighted by atomic mass is 32.1. The van der Waals surface area contributed by atoms with E-state index >= 15 is 0 Å². The molecular formula is C24H20N4O2S. The van der Waals surface area contributed by atoms with Crippen molar-refractivity contribution in [2.75, 3.05) is 16.0 Å². The molecule has 0 saturated carbocycles. The number of urea groups is 1. The predicted octanol–water partition coefficient (Wildman–Crippen LogP) is 5.64. The van der Waals surface area contributed by atoms with Gasteiger partial charge >= 0.3 is 6.03 Å². The Morgan fingerprint density at radius 2 is 1.35 bits per heavy atom. The van der Waals surface area contributed by atoms with Crippen LogP contribution in [-0.2, 0) is 11.2 Å². The maximum atomic E-state index is 12.5. The summed E-state index contributed by atoms with van der Waals surface area (Å²) in [7, 11) is 0. The smallest absolute Gasteiger partial charge is 0.323 e. The van der Waals surface area contributed by atoms with Gasteiger partial charge in [-0.05, 0) is 30.3 Å². The van der Waals surface area contributed by atoms with Gasteiger partial charge < -0.3 is 16.0 Å². The molecule has 1 heterocycles. The van der Waals surface area contributed by atoms with Gasteiger partial charge in [-0.25, -0.2) is 9.78 Å². The van der Waals surface area contributed by atoms with E-state index in [0.717, 1.165) is 16.3 Å². The van der Waals surface area contributed by atoms with E-state index in [4.69, 9.17) is 0 Å². The summed E-state index contributed by atoms with van der Waals surface area (Å²) in [6.45, 7) is 0. The van der Waals surface area contributed by atoms with Gasteiger partial charge in [-0.1, -0.05) is 54.6 Å². The number of para-hydroxylation sites is 1. The van der Waals surface area contributed by atoms with Crippen LogP contribution in [0.3, 0.4) is 0 Å². The van der Waals surface area contributed by atoms with Crippen LogP contribution in [0.1, 0.15) is 5.69 Å². The minimum Gasteiger partial charge on any atom is -0.326 e. The highest BCUT2D eigenvalue weighted by Gasteiger charge is 2.10. The van der Waals surface area contributed by atoms with E-state index in [9.17, 15) is 9.59 Å². The SMILES string of the molecule is O=C(Cc1csc(-c2ccccc2)n1)Nc1cccc(NC(=O)Nc2ccccc2)c1. The van der Waals surface area contributed by atoms with Gasteiger partial charge in [0.1, 0.15) is 5.01 Å². The number of thiazole rings is 1. The lowest BCUT2D eigenvalue weighted by Crippen LogP contribution is -2.19. The third-order valence-electron chi connectivity index (χ3n) is 4.35.